The Labute approximate surface area is 235 Å². The number of carbonyl (C=O) groups excluding carboxylic acids is 2. The van der Waals surface area contributed by atoms with Crippen molar-refractivity contribution >= 4 is 40.2 Å². The second kappa shape index (κ2) is 13.8. The van der Waals surface area contributed by atoms with Crippen LogP contribution >= 0.6 is 23.1 Å². The van der Waals surface area contributed by atoms with Gasteiger partial charge in [-0.3, -0.25) is 15.0 Å². The number of aromatic nitrogens is 1. The third kappa shape index (κ3) is 7.51. The number of nitrogens with one attached hydrogen (secondary N) is 1. The lowest BCUT2D eigenvalue weighted by atomic mass is 9.89. The number of thioether (sulfide) groups is 1. The molecule has 2 aromatic rings. The minimum Gasteiger partial charge on any atom is -0.339 e. The summed E-state index contributed by atoms with van der Waals surface area (Å²) in [4.78, 5) is 37.3. The van der Waals surface area contributed by atoms with Gasteiger partial charge in [-0.15, -0.1) is 11.8 Å². The Bertz CT molecular complexity index is 1010. The maximum atomic E-state index is 13.4. The average molecular weight is 556 g/mol. The van der Waals surface area contributed by atoms with Crippen molar-refractivity contribution in [1.29, 1.82) is 0 Å². The van der Waals surface area contributed by atoms with Gasteiger partial charge in [-0.25, -0.2) is 9.78 Å². The van der Waals surface area contributed by atoms with E-state index >= 15 is 0 Å². The highest BCUT2D eigenvalue weighted by Gasteiger charge is 2.33. The molecule has 2 heterocycles. The van der Waals surface area contributed by atoms with Crippen LogP contribution < -0.4 is 5.32 Å². The molecule has 1 aromatic heterocycles. The molecule has 1 aromatic carbocycles. The molecule has 0 spiro atoms. The van der Waals surface area contributed by atoms with Crippen molar-refractivity contribution < 1.29 is 9.59 Å². The van der Waals surface area contributed by atoms with E-state index in [-0.39, 0.29) is 11.9 Å². The third-order valence-electron chi connectivity index (χ3n) is 8.18. The smallest absolute Gasteiger partial charge is 0.324 e. The number of hydrogen-bond donors (Lipinski definition) is 1. The van der Waals surface area contributed by atoms with Crippen molar-refractivity contribution in [2.75, 3.05) is 37.2 Å². The molecule has 2 saturated carbocycles. The van der Waals surface area contributed by atoms with E-state index in [1.807, 2.05) is 11.0 Å². The van der Waals surface area contributed by atoms with E-state index in [0.29, 0.717) is 23.0 Å². The van der Waals surface area contributed by atoms with E-state index in [1.54, 1.807) is 6.20 Å². The van der Waals surface area contributed by atoms with E-state index in [4.69, 9.17) is 0 Å². The minimum absolute atomic E-state index is 0.0131. The van der Waals surface area contributed by atoms with E-state index in [0.717, 1.165) is 62.6 Å². The first kappa shape index (κ1) is 27.5. The molecule has 7 nitrogen and oxygen atoms in total. The largest absolute Gasteiger partial charge is 0.339 e. The fourth-order valence-corrected chi connectivity index (χ4v) is 7.87. The number of anilines is 1. The number of benzene rings is 1. The van der Waals surface area contributed by atoms with Crippen molar-refractivity contribution in [3.05, 3.63) is 42.1 Å². The molecule has 0 radical (unpaired) electrons. The maximum Gasteiger partial charge on any atom is 0.324 e. The summed E-state index contributed by atoms with van der Waals surface area (Å²) in [6.45, 7) is 4.29. The Kier molecular flexibility index (Phi) is 9.98. The summed E-state index contributed by atoms with van der Waals surface area (Å²) in [6, 6.07) is 11.2. The Morgan fingerprint density at radius 2 is 1.55 bits per heavy atom. The molecule has 3 amide bonds. The third-order valence-corrected chi connectivity index (χ3v) is 10.3. The van der Waals surface area contributed by atoms with Crippen LogP contribution in [0.5, 0.6) is 0 Å². The van der Waals surface area contributed by atoms with Crippen molar-refractivity contribution in [3.63, 3.8) is 0 Å². The quantitative estimate of drug-likeness (QED) is 0.400. The zero-order valence-electron chi connectivity index (χ0n) is 22.4. The highest BCUT2D eigenvalue weighted by atomic mass is 32.2. The maximum absolute atomic E-state index is 13.4. The Morgan fingerprint density at radius 1 is 0.921 bits per heavy atom. The van der Waals surface area contributed by atoms with Crippen LogP contribution in [0.25, 0.3) is 0 Å². The predicted molar refractivity (Wildman–Crippen MR) is 156 cm³/mol. The summed E-state index contributed by atoms with van der Waals surface area (Å²) in [6.07, 6.45) is 13.7. The van der Waals surface area contributed by atoms with Crippen LogP contribution in [-0.2, 0) is 11.3 Å². The summed E-state index contributed by atoms with van der Waals surface area (Å²) in [5.41, 5.74) is 1.32. The molecule has 0 atom stereocenters. The lowest BCUT2D eigenvalue weighted by Crippen LogP contribution is -2.50. The summed E-state index contributed by atoms with van der Waals surface area (Å²) in [5, 5.41) is 3.75. The van der Waals surface area contributed by atoms with Gasteiger partial charge in [-0.2, -0.15) is 0 Å². The second-order valence-electron chi connectivity index (χ2n) is 10.8. The predicted octanol–water partition coefficient (Wildman–Crippen LogP) is 6.08. The van der Waals surface area contributed by atoms with Crippen LogP contribution in [0.2, 0.25) is 0 Å². The SMILES string of the molecule is O=C(CSc1cnc(NC(=O)N(C2CCCCC2)C2CCCCC2)s1)N1CCN(Cc2ccccc2)CC1. The summed E-state index contributed by atoms with van der Waals surface area (Å²) >= 11 is 3.00. The summed E-state index contributed by atoms with van der Waals surface area (Å²) in [5.74, 6) is 0.582. The Hall–Kier alpha value is -2.10. The van der Waals surface area contributed by atoms with Crippen LogP contribution in [0.1, 0.15) is 69.8 Å². The first-order chi connectivity index (χ1) is 18.7. The van der Waals surface area contributed by atoms with E-state index in [2.05, 4.69) is 44.4 Å². The van der Waals surface area contributed by atoms with Crippen LogP contribution in [0.3, 0.4) is 0 Å². The van der Waals surface area contributed by atoms with Crippen molar-refractivity contribution in [2.24, 2.45) is 0 Å². The van der Waals surface area contributed by atoms with Gasteiger partial charge in [0.2, 0.25) is 5.91 Å². The fourth-order valence-electron chi connectivity index (χ4n) is 6.11. The monoisotopic (exact) mass is 555 g/mol. The topological polar surface area (TPSA) is 68.8 Å². The molecule has 0 bridgehead atoms. The van der Waals surface area contributed by atoms with E-state index in [1.165, 1.54) is 67.2 Å². The van der Waals surface area contributed by atoms with Gasteiger partial charge in [0, 0.05) is 44.8 Å². The molecular formula is C29H41N5O2S2. The molecule has 9 heteroatoms. The van der Waals surface area contributed by atoms with Gasteiger partial charge in [-0.05, 0) is 31.2 Å². The molecule has 38 heavy (non-hydrogen) atoms. The second-order valence-corrected chi connectivity index (χ2v) is 13.1. The number of nitrogens with zero attached hydrogens (tertiary/aromatic N) is 4. The standard InChI is InChI=1S/C29H41N5O2S2/c35-26(33-18-16-32(17-19-33)21-23-10-4-1-5-11-23)22-37-27-20-30-28(38-27)31-29(36)34(24-12-6-2-7-13-24)25-14-8-3-9-15-25/h1,4-5,10-11,20,24-25H,2-3,6-9,12-19,21-22H2,(H,30,31,36). The lowest BCUT2D eigenvalue weighted by Gasteiger charge is -2.41. The van der Waals surface area contributed by atoms with Gasteiger partial charge >= 0.3 is 6.03 Å². The molecular weight excluding hydrogens is 514 g/mol. The van der Waals surface area contributed by atoms with Gasteiger partial charge in [0.1, 0.15) is 0 Å². The molecule has 5 rings (SSSR count). The molecule has 3 fully saturated rings. The first-order valence-electron chi connectivity index (χ1n) is 14.4. The average Bonchev–Trinajstić information content (AvgIpc) is 3.41. The number of rotatable bonds is 8. The fraction of sp³-hybridized carbons (Fsp3) is 0.621. The zero-order valence-corrected chi connectivity index (χ0v) is 24.0. The molecule has 0 unspecified atom stereocenters. The number of amides is 3. The number of thiazole rings is 1. The highest BCUT2D eigenvalue weighted by molar-refractivity contribution is 8.01. The first-order valence-corrected chi connectivity index (χ1v) is 16.2. The van der Waals surface area contributed by atoms with Gasteiger partial charge in [0.05, 0.1) is 16.2 Å². The zero-order chi connectivity index (χ0) is 26.2. The molecule has 2 aliphatic carbocycles. The summed E-state index contributed by atoms with van der Waals surface area (Å²) in [7, 11) is 0. The van der Waals surface area contributed by atoms with Crippen molar-refractivity contribution in [1.82, 2.24) is 19.7 Å². The molecule has 3 aliphatic rings. The molecule has 206 valence electrons. The Balaban J connectivity index is 1.08. The van der Waals surface area contributed by atoms with Crippen LogP contribution in [-0.4, -0.2) is 75.6 Å². The highest BCUT2D eigenvalue weighted by Crippen LogP contribution is 2.32. The van der Waals surface area contributed by atoms with E-state index < -0.39 is 0 Å². The lowest BCUT2D eigenvalue weighted by molar-refractivity contribution is -0.130. The van der Waals surface area contributed by atoms with Gasteiger partial charge in [-0.1, -0.05) is 80.2 Å². The number of carbonyl (C=O) groups is 2. The number of piperazine rings is 1. The van der Waals surface area contributed by atoms with Gasteiger partial charge in [0.25, 0.3) is 0 Å². The van der Waals surface area contributed by atoms with E-state index in [9.17, 15) is 9.59 Å². The normalized spacial score (nSPS) is 19.8. The Morgan fingerprint density at radius 3 is 2.18 bits per heavy atom. The number of hydrogen-bond acceptors (Lipinski definition) is 6. The van der Waals surface area contributed by atoms with Crippen LogP contribution in [0, 0.1) is 0 Å². The number of urea groups is 1. The van der Waals surface area contributed by atoms with Gasteiger partial charge < -0.3 is 9.80 Å². The van der Waals surface area contributed by atoms with Gasteiger partial charge in [0.15, 0.2) is 5.13 Å². The molecule has 1 aliphatic heterocycles. The molecule has 1 saturated heterocycles. The van der Waals surface area contributed by atoms with Crippen LogP contribution in [0.15, 0.2) is 40.7 Å². The molecule has 1 N–H and O–H groups in total. The van der Waals surface area contributed by atoms with Crippen molar-refractivity contribution in [3.8, 4) is 0 Å². The minimum atomic E-state index is 0.0131. The summed E-state index contributed by atoms with van der Waals surface area (Å²) < 4.78 is 0.971. The van der Waals surface area contributed by atoms with Crippen LogP contribution in [0.4, 0.5) is 9.93 Å². The van der Waals surface area contributed by atoms with Crippen molar-refractivity contribution in [2.45, 2.75) is 87.0 Å².